The van der Waals surface area contributed by atoms with Gasteiger partial charge in [0.15, 0.2) is 0 Å². The van der Waals surface area contributed by atoms with Crippen LogP contribution in [0.4, 0.5) is 0 Å². The van der Waals surface area contributed by atoms with Crippen LogP contribution in [0.2, 0.25) is 0 Å². The molecule has 0 radical (unpaired) electrons. The van der Waals surface area contributed by atoms with E-state index in [1.165, 1.54) is 12.1 Å². The summed E-state index contributed by atoms with van der Waals surface area (Å²) in [7, 11) is 0. The molecule has 3 aromatic rings. The molecule has 1 heterocycles. The number of phenols is 1. The van der Waals surface area contributed by atoms with Crippen LogP contribution in [0, 0.1) is 6.92 Å². The highest BCUT2D eigenvalue weighted by Crippen LogP contribution is 2.29. The van der Waals surface area contributed by atoms with Crippen molar-refractivity contribution in [3.05, 3.63) is 64.8 Å². The molecule has 6 nitrogen and oxygen atoms in total. The molecule has 25 heavy (non-hydrogen) atoms. The van der Waals surface area contributed by atoms with Crippen LogP contribution in [0.1, 0.15) is 27.2 Å². The van der Waals surface area contributed by atoms with Gasteiger partial charge in [-0.3, -0.25) is 4.79 Å². The summed E-state index contributed by atoms with van der Waals surface area (Å²) >= 11 is 0. The molecule has 0 spiro atoms. The molecule has 3 rings (SSSR count). The van der Waals surface area contributed by atoms with E-state index in [1.54, 1.807) is 24.3 Å². The van der Waals surface area contributed by atoms with Gasteiger partial charge in [0.05, 0.1) is 12.0 Å². The predicted octanol–water partition coefficient (Wildman–Crippen LogP) is 3.03. The topological polar surface area (TPSA) is 99.8 Å². The van der Waals surface area contributed by atoms with E-state index in [0.29, 0.717) is 17.5 Å². The van der Waals surface area contributed by atoms with Gasteiger partial charge in [0, 0.05) is 23.1 Å². The largest absolute Gasteiger partial charge is 0.508 e. The van der Waals surface area contributed by atoms with Crippen LogP contribution >= 0.6 is 0 Å². The fourth-order valence-electron chi connectivity index (χ4n) is 3.10. The summed E-state index contributed by atoms with van der Waals surface area (Å²) in [6, 6.07) is 11.6. The van der Waals surface area contributed by atoms with E-state index in [4.69, 9.17) is 0 Å². The van der Waals surface area contributed by atoms with Crippen LogP contribution in [0.15, 0.2) is 42.5 Å². The van der Waals surface area contributed by atoms with E-state index in [2.05, 4.69) is 0 Å². The van der Waals surface area contributed by atoms with Gasteiger partial charge in [-0.2, -0.15) is 0 Å². The number of phenolic OH excluding ortho intramolecular Hbond substituents is 1. The molecule has 1 aromatic heterocycles. The molecule has 3 N–H and O–H groups in total. The van der Waals surface area contributed by atoms with Gasteiger partial charge in [-0.1, -0.05) is 12.1 Å². The number of aromatic carboxylic acids is 1. The van der Waals surface area contributed by atoms with Crippen molar-refractivity contribution in [1.29, 1.82) is 0 Å². The number of hydrogen-bond donors (Lipinski definition) is 3. The molecular formula is C19H17NO5. The Bertz CT molecular complexity index is 987. The molecule has 0 saturated carbocycles. The quantitative estimate of drug-likeness (QED) is 0.663. The van der Waals surface area contributed by atoms with Crippen LogP contribution in [0.5, 0.6) is 5.75 Å². The number of carbonyl (C=O) groups is 2. The third-order valence-electron chi connectivity index (χ3n) is 4.28. The van der Waals surface area contributed by atoms with Gasteiger partial charge < -0.3 is 19.9 Å². The zero-order chi connectivity index (χ0) is 18.1. The third-order valence-corrected chi connectivity index (χ3v) is 4.28. The number of carboxylic acid groups (broad SMARTS) is 2. The lowest BCUT2D eigenvalue weighted by Crippen LogP contribution is -2.05. The number of carboxylic acids is 2. The zero-order valence-electron chi connectivity index (χ0n) is 13.6. The first-order valence-electron chi connectivity index (χ1n) is 7.71. The number of nitrogens with zero attached hydrogens (tertiary/aromatic N) is 1. The lowest BCUT2D eigenvalue weighted by Gasteiger charge is -2.09. The Morgan fingerprint density at radius 1 is 1.08 bits per heavy atom. The van der Waals surface area contributed by atoms with Crippen molar-refractivity contribution < 1.29 is 24.9 Å². The molecule has 128 valence electrons. The summed E-state index contributed by atoms with van der Waals surface area (Å²) in [6.07, 6.45) is -0.182. The second-order valence-corrected chi connectivity index (χ2v) is 5.93. The van der Waals surface area contributed by atoms with Gasteiger partial charge in [0.2, 0.25) is 0 Å². The first-order chi connectivity index (χ1) is 11.9. The Kier molecular flexibility index (Phi) is 4.19. The second-order valence-electron chi connectivity index (χ2n) is 5.93. The monoisotopic (exact) mass is 339 g/mol. The maximum absolute atomic E-state index is 11.2. The average molecular weight is 339 g/mol. The summed E-state index contributed by atoms with van der Waals surface area (Å²) in [4.78, 5) is 22.5. The van der Waals surface area contributed by atoms with Crippen LogP contribution in [0.25, 0.3) is 10.9 Å². The highest BCUT2D eigenvalue weighted by Gasteiger charge is 2.18. The van der Waals surface area contributed by atoms with E-state index < -0.39 is 11.9 Å². The molecule has 6 heteroatoms. The van der Waals surface area contributed by atoms with E-state index in [9.17, 15) is 24.9 Å². The van der Waals surface area contributed by atoms with Crippen LogP contribution in [-0.4, -0.2) is 31.8 Å². The van der Waals surface area contributed by atoms with Crippen LogP contribution < -0.4 is 0 Å². The highest BCUT2D eigenvalue weighted by atomic mass is 16.4. The van der Waals surface area contributed by atoms with Gasteiger partial charge in [-0.25, -0.2) is 4.79 Å². The summed E-state index contributed by atoms with van der Waals surface area (Å²) < 4.78 is 1.94. The lowest BCUT2D eigenvalue weighted by molar-refractivity contribution is -0.136. The smallest absolute Gasteiger partial charge is 0.335 e. The SMILES string of the molecule is Cc1c(CC(=O)O)c2cc(C(=O)O)ccc2n1Cc1cccc(O)c1. The van der Waals surface area contributed by atoms with Crippen LogP contribution in [0.3, 0.4) is 0 Å². The molecular weight excluding hydrogens is 322 g/mol. The van der Waals surface area contributed by atoms with E-state index in [0.717, 1.165) is 16.8 Å². The van der Waals surface area contributed by atoms with Crippen molar-refractivity contribution in [3.8, 4) is 5.75 Å². The highest BCUT2D eigenvalue weighted by molar-refractivity contribution is 5.96. The van der Waals surface area contributed by atoms with Gasteiger partial charge >= 0.3 is 11.9 Å². The van der Waals surface area contributed by atoms with Gasteiger partial charge in [-0.05, 0) is 48.4 Å². The number of aromatic nitrogens is 1. The number of benzene rings is 2. The Hall–Kier alpha value is -3.28. The van der Waals surface area contributed by atoms with Crippen molar-refractivity contribution in [2.75, 3.05) is 0 Å². The number of hydrogen-bond acceptors (Lipinski definition) is 3. The summed E-state index contributed by atoms with van der Waals surface area (Å²) in [5.41, 5.74) is 3.12. The maximum Gasteiger partial charge on any atom is 0.335 e. The van der Waals surface area contributed by atoms with Crippen LogP contribution in [-0.2, 0) is 17.8 Å². The second kappa shape index (κ2) is 6.32. The molecule has 0 unspecified atom stereocenters. The normalized spacial score (nSPS) is 10.9. The number of rotatable bonds is 5. The van der Waals surface area contributed by atoms with Crippen molar-refractivity contribution in [2.45, 2.75) is 19.9 Å². The molecule has 0 aliphatic carbocycles. The molecule has 0 atom stereocenters. The minimum atomic E-state index is -1.05. The van der Waals surface area contributed by atoms with E-state index >= 15 is 0 Å². The van der Waals surface area contributed by atoms with Gasteiger partial charge in [0.1, 0.15) is 5.75 Å². The first-order valence-corrected chi connectivity index (χ1v) is 7.71. The Labute approximate surface area is 143 Å². The average Bonchev–Trinajstić information content (AvgIpc) is 2.79. The molecule has 0 aliphatic heterocycles. The first kappa shape index (κ1) is 16.6. The van der Waals surface area contributed by atoms with Gasteiger partial charge in [-0.15, -0.1) is 0 Å². The maximum atomic E-state index is 11.2. The van der Waals surface area contributed by atoms with Crippen molar-refractivity contribution in [2.24, 2.45) is 0 Å². The molecule has 0 fully saturated rings. The Morgan fingerprint density at radius 3 is 2.48 bits per heavy atom. The fourth-order valence-corrected chi connectivity index (χ4v) is 3.10. The summed E-state index contributed by atoms with van der Waals surface area (Å²) in [5, 5.41) is 28.7. The Morgan fingerprint density at radius 2 is 1.84 bits per heavy atom. The zero-order valence-corrected chi connectivity index (χ0v) is 13.6. The Balaban J connectivity index is 2.19. The van der Waals surface area contributed by atoms with Gasteiger partial charge in [0.25, 0.3) is 0 Å². The molecule has 0 amide bonds. The van der Waals surface area contributed by atoms with E-state index in [-0.39, 0.29) is 17.7 Å². The number of aliphatic carboxylic acids is 1. The minimum absolute atomic E-state index is 0.119. The predicted molar refractivity (Wildman–Crippen MR) is 92.2 cm³/mol. The molecule has 2 aromatic carbocycles. The lowest BCUT2D eigenvalue weighted by atomic mass is 10.1. The standard InChI is InChI=1S/C19H17NO5/c1-11-15(9-18(22)23)16-8-13(19(24)25)5-6-17(16)20(11)10-12-3-2-4-14(21)7-12/h2-8,21H,9-10H2,1H3,(H,22,23)(H,24,25). The van der Waals surface area contributed by atoms with Crippen molar-refractivity contribution in [3.63, 3.8) is 0 Å². The van der Waals surface area contributed by atoms with Crippen molar-refractivity contribution in [1.82, 2.24) is 4.57 Å². The summed E-state index contributed by atoms with van der Waals surface area (Å²) in [5.74, 6) is -1.87. The fraction of sp³-hybridized carbons (Fsp3) is 0.158. The summed E-state index contributed by atoms with van der Waals surface area (Å²) in [6.45, 7) is 2.27. The molecule has 0 aliphatic rings. The number of aromatic hydroxyl groups is 1. The third kappa shape index (κ3) is 3.19. The number of fused-ring (bicyclic) bond motifs is 1. The molecule has 0 bridgehead atoms. The van der Waals surface area contributed by atoms with Crippen molar-refractivity contribution >= 4 is 22.8 Å². The molecule has 0 saturated heterocycles. The minimum Gasteiger partial charge on any atom is -0.508 e. The van der Waals surface area contributed by atoms with E-state index in [1.807, 2.05) is 17.6 Å².